The van der Waals surface area contributed by atoms with Crippen LogP contribution < -0.4 is 9.64 Å². The molecule has 1 unspecified atom stereocenters. The molecule has 7 nitrogen and oxygen atoms in total. The van der Waals surface area contributed by atoms with Gasteiger partial charge in [-0.2, -0.15) is 4.36 Å². The number of nitrogens with zero attached hydrogens (tertiary/aromatic N) is 2. The van der Waals surface area contributed by atoms with E-state index < -0.39 is 22.6 Å². The molecule has 41 heavy (non-hydrogen) atoms. The number of fused-ring (bicyclic) bond motifs is 4. The van der Waals surface area contributed by atoms with Crippen LogP contribution in [-0.4, -0.2) is 60.0 Å². The van der Waals surface area contributed by atoms with Crippen LogP contribution in [0.3, 0.4) is 0 Å². The molecule has 2 heterocycles. The molecule has 2 aliphatic carbocycles. The summed E-state index contributed by atoms with van der Waals surface area (Å²) < 4.78 is 29.3. The van der Waals surface area contributed by atoms with Crippen LogP contribution >= 0.6 is 11.6 Å². The predicted octanol–water partition coefficient (Wildman–Crippen LogP) is 5.23. The number of amides is 1. The van der Waals surface area contributed by atoms with Crippen molar-refractivity contribution in [2.24, 2.45) is 22.1 Å². The maximum Gasteiger partial charge on any atom is 0.284 e. The monoisotopic (exact) mass is 598 g/mol. The lowest BCUT2D eigenvalue weighted by molar-refractivity contribution is 0.0124. The summed E-state index contributed by atoms with van der Waals surface area (Å²) in [6.45, 7) is 3.91. The summed E-state index contributed by atoms with van der Waals surface area (Å²) in [6, 6.07) is 11.7. The fourth-order valence-electron chi connectivity index (χ4n) is 7.15. The summed E-state index contributed by atoms with van der Waals surface area (Å²) in [6.07, 6.45) is 7.98. The normalized spacial score (nSPS) is 34.7. The van der Waals surface area contributed by atoms with Gasteiger partial charge < -0.3 is 19.5 Å². The summed E-state index contributed by atoms with van der Waals surface area (Å²) in [5, 5.41) is 11.5. The largest absolute Gasteiger partial charge is 0.490 e. The number of thiol groups is 1. The van der Waals surface area contributed by atoms with Crippen LogP contribution in [0.25, 0.3) is 0 Å². The Hall–Kier alpha value is -2.39. The number of halogens is 1. The summed E-state index contributed by atoms with van der Waals surface area (Å²) in [5.41, 5.74) is 3.64. The molecule has 0 radical (unpaired) electrons. The summed E-state index contributed by atoms with van der Waals surface area (Å²) in [7, 11) is -0.447. The number of aryl methyl sites for hydroxylation is 1. The van der Waals surface area contributed by atoms with Crippen LogP contribution in [0.1, 0.15) is 54.1 Å². The molecule has 2 aromatic carbocycles. The van der Waals surface area contributed by atoms with Crippen LogP contribution in [0.4, 0.5) is 5.69 Å². The highest BCUT2D eigenvalue weighted by Crippen LogP contribution is 2.47. The Kier molecular flexibility index (Phi) is 8.20. The quantitative estimate of drug-likeness (QED) is 0.345. The summed E-state index contributed by atoms with van der Waals surface area (Å²) in [5.74, 6) is 0.750. The van der Waals surface area contributed by atoms with E-state index in [9.17, 15) is 14.1 Å². The van der Waals surface area contributed by atoms with E-state index >= 15 is 0 Å². The molecule has 0 saturated heterocycles. The SMILES string of the molecule is CO[C@H]1/C=C/[C@H](O)[C@H](C)C/[SH](=O)=N\C(=O)c2ccc3c(c2)N(C[C@@H]2CC[C@H]21)C[C@@]1(CCCc2cc(Cl)ccc21)CO3. The molecule has 9 heteroatoms. The first-order chi connectivity index (χ1) is 19.8. The van der Waals surface area contributed by atoms with E-state index in [2.05, 4.69) is 21.4 Å². The smallest absolute Gasteiger partial charge is 0.284 e. The van der Waals surface area contributed by atoms with Gasteiger partial charge in [-0.15, -0.1) is 0 Å². The van der Waals surface area contributed by atoms with Crippen LogP contribution in [0, 0.1) is 17.8 Å². The molecule has 7 atom stereocenters. The van der Waals surface area contributed by atoms with Crippen LogP contribution in [0.15, 0.2) is 52.9 Å². The average Bonchev–Trinajstić information content (AvgIpc) is 3.09. The number of rotatable bonds is 1. The Bertz CT molecular complexity index is 1440. The minimum atomic E-state index is -2.17. The number of hydrogen-bond acceptors (Lipinski definition) is 6. The molecule has 1 N–H and O–H groups in total. The highest BCUT2D eigenvalue weighted by Gasteiger charge is 2.44. The first kappa shape index (κ1) is 28.7. The van der Waals surface area contributed by atoms with Crippen molar-refractivity contribution in [2.75, 3.05) is 37.5 Å². The molecule has 1 amide bonds. The number of aliphatic hydroxyl groups excluding tert-OH is 1. The van der Waals surface area contributed by atoms with Crippen LogP contribution in [0.5, 0.6) is 5.75 Å². The van der Waals surface area contributed by atoms with Crippen LogP contribution in [-0.2, 0) is 27.2 Å². The van der Waals surface area contributed by atoms with Gasteiger partial charge in [0.15, 0.2) is 0 Å². The number of ether oxygens (including phenoxy) is 2. The summed E-state index contributed by atoms with van der Waals surface area (Å²) >= 11 is 6.40. The molecular weight excluding hydrogens is 560 g/mol. The third-order valence-corrected chi connectivity index (χ3v) is 11.2. The minimum absolute atomic E-state index is 0.121. The summed E-state index contributed by atoms with van der Waals surface area (Å²) in [4.78, 5) is 15.6. The average molecular weight is 599 g/mol. The predicted molar refractivity (Wildman–Crippen MR) is 163 cm³/mol. The second kappa shape index (κ2) is 11.7. The zero-order chi connectivity index (χ0) is 28.7. The Labute approximate surface area is 249 Å². The Morgan fingerprint density at radius 1 is 1.20 bits per heavy atom. The zero-order valence-corrected chi connectivity index (χ0v) is 25.3. The molecule has 6 rings (SSSR count). The number of carbonyl (C=O) groups is 1. The van der Waals surface area contributed by atoms with Gasteiger partial charge in [0.05, 0.1) is 24.5 Å². The number of carbonyl (C=O) groups excluding carboxylic acids is 1. The van der Waals surface area contributed by atoms with Gasteiger partial charge in [-0.1, -0.05) is 36.7 Å². The van der Waals surface area contributed by atoms with Crippen molar-refractivity contribution < 1.29 is 23.6 Å². The zero-order valence-electron chi connectivity index (χ0n) is 23.7. The van der Waals surface area contributed by atoms with Crippen molar-refractivity contribution in [2.45, 2.75) is 56.7 Å². The first-order valence-electron chi connectivity index (χ1n) is 14.7. The van der Waals surface area contributed by atoms with Crippen molar-refractivity contribution in [1.82, 2.24) is 0 Å². The molecule has 2 aliphatic heterocycles. The van der Waals surface area contributed by atoms with E-state index in [-0.39, 0.29) is 23.2 Å². The molecule has 1 saturated carbocycles. The second-order valence-corrected chi connectivity index (χ2v) is 14.0. The lowest BCUT2D eigenvalue weighted by Crippen LogP contribution is -2.49. The van der Waals surface area contributed by atoms with Gasteiger partial charge in [-0.25, -0.2) is 0 Å². The number of anilines is 1. The molecule has 0 aromatic heterocycles. The fraction of sp³-hybridized carbons (Fsp3) is 0.531. The van der Waals surface area contributed by atoms with E-state index in [4.69, 9.17) is 21.1 Å². The van der Waals surface area contributed by atoms with Crippen molar-refractivity contribution >= 4 is 33.8 Å². The third kappa shape index (κ3) is 5.68. The lowest BCUT2D eigenvalue weighted by Gasteiger charge is -2.46. The van der Waals surface area contributed by atoms with Gasteiger partial charge in [0, 0.05) is 52.5 Å². The number of methoxy groups -OCH3 is 1. The van der Waals surface area contributed by atoms with Crippen molar-refractivity contribution in [3.05, 3.63) is 70.3 Å². The maximum atomic E-state index is 13.2. The highest BCUT2D eigenvalue weighted by atomic mass is 35.5. The third-order valence-electron chi connectivity index (χ3n) is 9.64. The molecule has 220 valence electrons. The van der Waals surface area contributed by atoms with Gasteiger partial charge >= 0.3 is 0 Å². The van der Waals surface area contributed by atoms with Gasteiger partial charge in [0.2, 0.25) is 0 Å². The van der Waals surface area contributed by atoms with Gasteiger partial charge in [-0.3, -0.25) is 9.00 Å². The highest BCUT2D eigenvalue weighted by molar-refractivity contribution is 7.75. The first-order valence-corrected chi connectivity index (χ1v) is 16.4. The van der Waals surface area contributed by atoms with Gasteiger partial charge in [-0.05, 0) is 91.3 Å². The Morgan fingerprint density at radius 2 is 2.05 bits per heavy atom. The molecule has 2 aromatic rings. The molecular formula is C32H39ClN2O5S. The topological polar surface area (TPSA) is 88.4 Å². The lowest BCUT2D eigenvalue weighted by atomic mass is 9.68. The number of hydrogen-bond donors (Lipinski definition) is 2. The molecule has 1 spiro atoms. The fourth-order valence-corrected chi connectivity index (χ4v) is 8.45. The molecule has 2 bridgehead atoms. The van der Waals surface area contributed by atoms with Gasteiger partial charge in [0.1, 0.15) is 5.75 Å². The molecule has 1 fully saturated rings. The molecule has 4 aliphatic rings. The van der Waals surface area contributed by atoms with E-state index in [1.165, 1.54) is 11.1 Å². The van der Waals surface area contributed by atoms with E-state index in [1.807, 2.05) is 31.2 Å². The van der Waals surface area contributed by atoms with Crippen LogP contribution in [0.2, 0.25) is 5.02 Å². The second-order valence-electron chi connectivity index (χ2n) is 12.3. The van der Waals surface area contributed by atoms with E-state index in [0.717, 1.165) is 61.7 Å². The van der Waals surface area contributed by atoms with E-state index in [0.29, 0.717) is 24.0 Å². The van der Waals surface area contributed by atoms with Gasteiger partial charge in [0.25, 0.3) is 5.91 Å². The van der Waals surface area contributed by atoms with Crippen molar-refractivity contribution in [3.8, 4) is 5.75 Å². The van der Waals surface area contributed by atoms with E-state index in [1.54, 1.807) is 19.3 Å². The number of benzene rings is 2. The standard InChI is InChI=1S/C32H39ClN2O5S/c1-20-17-41(38)34-31(37)22-6-11-30-27(15-22)35(16-23-5-8-25(23)29(39-2)12-10-28(20)36)18-32(19-40-30)13-3-4-21-14-24(33)7-9-26(21)32/h6-7,9-12,14-15,20,23,25,28-29,36,41H,3-5,8,13,16-19H2,1-2H3/b12-10+/t20-,23+,25-,28+,29+,32+/m1/s1. The Balaban J connectivity index is 1.43. The Morgan fingerprint density at radius 3 is 2.83 bits per heavy atom. The maximum absolute atomic E-state index is 13.2. The number of aliphatic hydroxyl groups is 1. The van der Waals surface area contributed by atoms with Crippen molar-refractivity contribution in [3.63, 3.8) is 0 Å². The minimum Gasteiger partial charge on any atom is -0.490 e. The van der Waals surface area contributed by atoms with Crippen molar-refractivity contribution in [1.29, 1.82) is 0 Å².